The molecule has 0 saturated heterocycles. The molecule has 0 bridgehead atoms. The van der Waals surface area contributed by atoms with E-state index in [1.54, 1.807) is 0 Å². The maximum absolute atomic E-state index is 11.8. The predicted molar refractivity (Wildman–Crippen MR) is 86.3 cm³/mol. The zero-order valence-electron chi connectivity index (χ0n) is 12.6. The zero-order valence-corrected chi connectivity index (χ0v) is 12.6. The molecule has 0 spiro atoms. The van der Waals surface area contributed by atoms with Gasteiger partial charge in [0.25, 0.3) is 0 Å². The van der Waals surface area contributed by atoms with Gasteiger partial charge < -0.3 is 10.6 Å². The third kappa shape index (κ3) is 4.63. The molecule has 0 unspecified atom stereocenters. The van der Waals surface area contributed by atoms with Gasteiger partial charge >= 0.3 is 6.03 Å². The van der Waals surface area contributed by atoms with Crippen molar-refractivity contribution in [1.82, 2.24) is 10.6 Å². The van der Waals surface area contributed by atoms with Gasteiger partial charge in [0.1, 0.15) is 0 Å². The molecule has 0 aliphatic rings. The van der Waals surface area contributed by atoms with Crippen molar-refractivity contribution in [3.63, 3.8) is 0 Å². The Labute approximate surface area is 126 Å². The first-order chi connectivity index (χ1) is 10.2. The summed E-state index contributed by atoms with van der Waals surface area (Å²) >= 11 is 0. The molecule has 21 heavy (non-hydrogen) atoms. The first kappa shape index (κ1) is 15.1. The number of amides is 2. The fourth-order valence-electron chi connectivity index (χ4n) is 2.25. The first-order valence-corrected chi connectivity index (χ1v) is 7.27. The summed E-state index contributed by atoms with van der Waals surface area (Å²) in [4.78, 5) is 11.8. The van der Waals surface area contributed by atoms with Crippen molar-refractivity contribution in [2.24, 2.45) is 0 Å². The first-order valence-electron chi connectivity index (χ1n) is 7.27. The molecule has 0 saturated carbocycles. The minimum Gasteiger partial charge on any atom is -0.338 e. The van der Waals surface area contributed by atoms with Crippen molar-refractivity contribution >= 4 is 6.03 Å². The van der Waals surface area contributed by atoms with Crippen molar-refractivity contribution < 1.29 is 4.79 Å². The number of carbonyl (C=O) groups excluding carboxylic acids is 1. The van der Waals surface area contributed by atoms with Crippen LogP contribution in [0.5, 0.6) is 0 Å². The van der Waals surface area contributed by atoms with Gasteiger partial charge in [-0.15, -0.1) is 0 Å². The lowest BCUT2D eigenvalue weighted by Gasteiger charge is -2.10. The largest absolute Gasteiger partial charge is 0.338 e. The monoisotopic (exact) mass is 282 g/mol. The summed E-state index contributed by atoms with van der Waals surface area (Å²) in [5.41, 5.74) is 4.88. The van der Waals surface area contributed by atoms with Crippen LogP contribution in [-0.4, -0.2) is 12.6 Å². The summed E-state index contributed by atoms with van der Waals surface area (Å²) in [6, 6.07) is 16.2. The molecule has 0 fully saturated rings. The van der Waals surface area contributed by atoms with Crippen LogP contribution >= 0.6 is 0 Å². The summed E-state index contributed by atoms with van der Waals surface area (Å²) in [6.45, 7) is 5.34. The number of hydrogen-bond donors (Lipinski definition) is 2. The second kappa shape index (κ2) is 7.48. The van der Waals surface area contributed by atoms with E-state index in [0.29, 0.717) is 13.1 Å². The summed E-state index contributed by atoms with van der Waals surface area (Å²) < 4.78 is 0. The molecule has 0 aliphatic carbocycles. The van der Waals surface area contributed by atoms with Gasteiger partial charge in [0.05, 0.1) is 0 Å². The molecule has 2 amide bonds. The predicted octanol–water partition coefficient (Wildman–Crippen LogP) is 3.35. The molecule has 2 aromatic rings. The van der Waals surface area contributed by atoms with Crippen molar-refractivity contribution in [3.05, 3.63) is 70.8 Å². The molecule has 2 rings (SSSR count). The number of hydrogen-bond acceptors (Lipinski definition) is 1. The Morgan fingerprint density at radius 3 is 2.05 bits per heavy atom. The van der Waals surface area contributed by atoms with Gasteiger partial charge in [0.15, 0.2) is 0 Å². The highest BCUT2D eigenvalue weighted by Gasteiger charge is 2.02. The highest BCUT2D eigenvalue weighted by molar-refractivity contribution is 5.73. The molecular formula is C18H22N2O. The number of aryl methyl sites for hydroxylation is 2. The normalized spacial score (nSPS) is 10.2. The van der Waals surface area contributed by atoms with Crippen LogP contribution in [0.15, 0.2) is 48.5 Å². The van der Waals surface area contributed by atoms with E-state index in [1.165, 1.54) is 16.7 Å². The van der Waals surface area contributed by atoms with Crippen LogP contribution in [0.25, 0.3) is 0 Å². The van der Waals surface area contributed by atoms with Crippen LogP contribution < -0.4 is 10.6 Å². The van der Waals surface area contributed by atoms with Crippen LogP contribution in [0.1, 0.15) is 22.3 Å². The van der Waals surface area contributed by atoms with E-state index in [2.05, 4.69) is 29.7 Å². The number of benzene rings is 2. The van der Waals surface area contributed by atoms with E-state index in [-0.39, 0.29) is 6.03 Å². The van der Waals surface area contributed by atoms with Gasteiger partial charge in [-0.25, -0.2) is 4.79 Å². The standard InChI is InChI=1S/C18H22N2O/c1-14-7-3-5-9-16(14)11-12-19-18(21)20-13-17-10-6-4-8-15(17)2/h3-10H,11-13H2,1-2H3,(H2,19,20,21). The van der Waals surface area contributed by atoms with E-state index in [4.69, 9.17) is 0 Å². The maximum Gasteiger partial charge on any atom is 0.315 e. The van der Waals surface area contributed by atoms with E-state index in [0.717, 1.165) is 12.0 Å². The van der Waals surface area contributed by atoms with Crippen LogP contribution in [0.4, 0.5) is 4.79 Å². The average Bonchev–Trinajstić information content (AvgIpc) is 2.48. The maximum atomic E-state index is 11.8. The third-order valence-corrected chi connectivity index (χ3v) is 3.64. The highest BCUT2D eigenvalue weighted by Crippen LogP contribution is 2.07. The molecule has 0 aliphatic heterocycles. The second-order valence-electron chi connectivity index (χ2n) is 5.21. The minimum absolute atomic E-state index is 0.119. The Kier molecular flexibility index (Phi) is 5.38. The van der Waals surface area contributed by atoms with Gasteiger partial charge in [0, 0.05) is 13.1 Å². The summed E-state index contributed by atoms with van der Waals surface area (Å²) in [5, 5.41) is 5.79. The quantitative estimate of drug-likeness (QED) is 0.867. The Morgan fingerprint density at radius 1 is 0.857 bits per heavy atom. The van der Waals surface area contributed by atoms with E-state index < -0.39 is 0 Å². The SMILES string of the molecule is Cc1ccccc1CCNC(=O)NCc1ccccc1C. The van der Waals surface area contributed by atoms with E-state index in [9.17, 15) is 4.79 Å². The van der Waals surface area contributed by atoms with Crippen LogP contribution in [0.3, 0.4) is 0 Å². The van der Waals surface area contributed by atoms with Crippen molar-refractivity contribution in [1.29, 1.82) is 0 Å². The topological polar surface area (TPSA) is 41.1 Å². The third-order valence-electron chi connectivity index (χ3n) is 3.64. The van der Waals surface area contributed by atoms with Gasteiger partial charge in [-0.1, -0.05) is 48.5 Å². The molecule has 3 nitrogen and oxygen atoms in total. The van der Waals surface area contributed by atoms with E-state index in [1.807, 2.05) is 43.3 Å². The fourth-order valence-corrected chi connectivity index (χ4v) is 2.25. The van der Waals surface area contributed by atoms with Gasteiger partial charge in [-0.2, -0.15) is 0 Å². The molecule has 0 radical (unpaired) electrons. The molecule has 0 atom stereocenters. The lowest BCUT2D eigenvalue weighted by Crippen LogP contribution is -2.36. The average molecular weight is 282 g/mol. The minimum atomic E-state index is -0.119. The smallest absolute Gasteiger partial charge is 0.315 e. The summed E-state index contributed by atoms with van der Waals surface area (Å²) in [5.74, 6) is 0. The van der Waals surface area contributed by atoms with E-state index >= 15 is 0 Å². The lowest BCUT2D eigenvalue weighted by atomic mass is 10.1. The number of urea groups is 1. The van der Waals surface area contributed by atoms with Crippen molar-refractivity contribution in [3.8, 4) is 0 Å². The molecule has 110 valence electrons. The Hall–Kier alpha value is -2.29. The number of rotatable bonds is 5. The van der Waals surface area contributed by atoms with Crippen LogP contribution in [-0.2, 0) is 13.0 Å². The fraction of sp³-hybridized carbons (Fsp3) is 0.278. The second-order valence-corrected chi connectivity index (χ2v) is 5.21. The van der Waals surface area contributed by atoms with Gasteiger partial charge in [0.2, 0.25) is 0 Å². The lowest BCUT2D eigenvalue weighted by molar-refractivity contribution is 0.240. The Morgan fingerprint density at radius 2 is 1.43 bits per heavy atom. The van der Waals surface area contributed by atoms with Crippen molar-refractivity contribution in [2.45, 2.75) is 26.8 Å². The van der Waals surface area contributed by atoms with Crippen LogP contribution in [0.2, 0.25) is 0 Å². The van der Waals surface area contributed by atoms with Gasteiger partial charge in [-0.3, -0.25) is 0 Å². The molecule has 0 aromatic heterocycles. The van der Waals surface area contributed by atoms with Crippen molar-refractivity contribution in [2.75, 3.05) is 6.54 Å². The van der Waals surface area contributed by atoms with Crippen LogP contribution in [0, 0.1) is 13.8 Å². The zero-order chi connectivity index (χ0) is 15.1. The number of nitrogens with one attached hydrogen (secondary N) is 2. The molecule has 2 N–H and O–H groups in total. The molecule has 0 heterocycles. The number of carbonyl (C=O) groups is 1. The highest BCUT2D eigenvalue weighted by atomic mass is 16.2. The summed E-state index contributed by atoms with van der Waals surface area (Å²) in [7, 11) is 0. The molecule has 3 heteroatoms. The van der Waals surface area contributed by atoms with Gasteiger partial charge in [-0.05, 0) is 42.5 Å². The summed E-state index contributed by atoms with van der Waals surface area (Å²) in [6.07, 6.45) is 0.852. The molecular weight excluding hydrogens is 260 g/mol. The Balaban J connectivity index is 1.73. The Bertz CT molecular complexity index is 608. The molecule has 2 aromatic carbocycles.